The normalized spacial score (nSPS) is 8.25. The molecular formula is C9H12O3. The van der Waals surface area contributed by atoms with Gasteiger partial charge in [-0.3, -0.25) is 4.79 Å². The molecule has 0 aliphatic carbocycles. The van der Waals surface area contributed by atoms with Crippen LogP contribution in [0.5, 0.6) is 0 Å². The van der Waals surface area contributed by atoms with E-state index in [1.807, 2.05) is 0 Å². The molecule has 1 rings (SSSR count). The maximum atomic E-state index is 10.1. The zero-order valence-corrected chi connectivity index (χ0v) is 6.90. The summed E-state index contributed by atoms with van der Waals surface area (Å²) in [6.45, 7) is 0.0269. The van der Waals surface area contributed by atoms with Gasteiger partial charge >= 0.3 is 0 Å². The molecule has 0 aliphatic rings. The molecule has 0 atom stereocenters. The highest BCUT2D eigenvalue weighted by Gasteiger charge is 1.89. The van der Waals surface area contributed by atoms with Crippen LogP contribution in [0.15, 0.2) is 24.3 Å². The molecule has 3 heteroatoms. The van der Waals surface area contributed by atoms with Crippen molar-refractivity contribution in [2.75, 3.05) is 7.11 Å². The van der Waals surface area contributed by atoms with Crippen molar-refractivity contribution in [2.45, 2.75) is 6.61 Å². The molecule has 0 aromatic heterocycles. The Balaban J connectivity index is 0.000000561. The Morgan fingerprint density at radius 2 is 1.75 bits per heavy atom. The minimum Gasteiger partial charge on any atom is -0.400 e. The molecule has 0 heterocycles. The van der Waals surface area contributed by atoms with Crippen molar-refractivity contribution in [3.63, 3.8) is 0 Å². The van der Waals surface area contributed by atoms with E-state index in [0.29, 0.717) is 5.56 Å². The minimum absolute atomic E-state index is 0.0269. The number of aldehydes is 1. The Morgan fingerprint density at radius 3 is 2.08 bits per heavy atom. The van der Waals surface area contributed by atoms with Gasteiger partial charge in [0, 0.05) is 12.7 Å². The molecule has 0 bridgehead atoms. The number of hydrogen-bond donors (Lipinski definition) is 2. The third kappa shape index (κ3) is 3.27. The standard InChI is InChI=1S/C8H8O2.CH4O/c9-5-7-1-2-8(6-10)4-3-7;1-2/h1-5,10H,6H2;2H,1H3. The molecule has 0 unspecified atom stereocenters. The first kappa shape index (κ1) is 10.8. The fraction of sp³-hybridized carbons (Fsp3) is 0.222. The van der Waals surface area contributed by atoms with Crippen LogP contribution in [0.25, 0.3) is 0 Å². The van der Waals surface area contributed by atoms with Crippen molar-refractivity contribution < 1.29 is 15.0 Å². The third-order valence-corrected chi connectivity index (χ3v) is 1.30. The van der Waals surface area contributed by atoms with E-state index < -0.39 is 0 Å². The lowest BCUT2D eigenvalue weighted by molar-refractivity contribution is 0.112. The van der Waals surface area contributed by atoms with Crippen molar-refractivity contribution in [2.24, 2.45) is 0 Å². The molecule has 0 aliphatic heterocycles. The average Bonchev–Trinajstić information content (AvgIpc) is 2.21. The van der Waals surface area contributed by atoms with Crippen LogP contribution in [0.1, 0.15) is 15.9 Å². The van der Waals surface area contributed by atoms with Gasteiger partial charge in [0.05, 0.1) is 6.61 Å². The number of carbonyl (C=O) groups excluding carboxylic acids is 1. The summed E-state index contributed by atoms with van der Waals surface area (Å²) in [7, 11) is 1.00. The van der Waals surface area contributed by atoms with Gasteiger partial charge in [-0.25, -0.2) is 0 Å². The maximum Gasteiger partial charge on any atom is 0.150 e. The molecule has 0 saturated carbocycles. The van der Waals surface area contributed by atoms with Gasteiger partial charge in [0.1, 0.15) is 6.29 Å². The number of rotatable bonds is 2. The summed E-state index contributed by atoms with van der Waals surface area (Å²) in [5, 5.41) is 15.6. The van der Waals surface area contributed by atoms with Crippen LogP contribution in [0.2, 0.25) is 0 Å². The Morgan fingerprint density at radius 1 is 1.25 bits per heavy atom. The summed E-state index contributed by atoms with van der Waals surface area (Å²) < 4.78 is 0. The summed E-state index contributed by atoms with van der Waals surface area (Å²) >= 11 is 0. The van der Waals surface area contributed by atoms with Gasteiger partial charge in [0.15, 0.2) is 0 Å². The molecule has 0 spiro atoms. The maximum absolute atomic E-state index is 10.1. The SMILES string of the molecule is CO.O=Cc1ccc(CO)cc1. The van der Waals surface area contributed by atoms with Gasteiger partial charge in [0.2, 0.25) is 0 Å². The molecule has 12 heavy (non-hydrogen) atoms. The first-order valence-corrected chi connectivity index (χ1v) is 3.46. The summed E-state index contributed by atoms with van der Waals surface area (Å²) in [6.07, 6.45) is 0.779. The predicted molar refractivity (Wildman–Crippen MR) is 45.9 cm³/mol. The number of aliphatic hydroxyl groups excluding tert-OH is 2. The lowest BCUT2D eigenvalue weighted by Crippen LogP contribution is -1.83. The quantitative estimate of drug-likeness (QED) is 0.636. The Hall–Kier alpha value is -1.19. The molecule has 1 aromatic carbocycles. The molecular weight excluding hydrogens is 156 g/mol. The smallest absolute Gasteiger partial charge is 0.150 e. The second-order valence-electron chi connectivity index (χ2n) is 2.02. The summed E-state index contributed by atoms with van der Waals surface area (Å²) in [5.74, 6) is 0. The lowest BCUT2D eigenvalue weighted by Gasteiger charge is -1.93. The van der Waals surface area contributed by atoms with Crippen LogP contribution in [0.3, 0.4) is 0 Å². The van der Waals surface area contributed by atoms with Crippen molar-refractivity contribution in [1.29, 1.82) is 0 Å². The van der Waals surface area contributed by atoms with Gasteiger partial charge < -0.3 is 10.2 Å². The summed E-state index contributed by atoms with van der Waals surface area (Å²) in [6, 6.07) is 6.81. The zero-order valence-electron chi connectivity index (χ0n) is 6.90. The molecule has 0 amide bonds. The molecule has 2 N–H and O–H groups in total. The molecule has 66 valence electrons. The fourth-order valence-corrected chi connectivity index (χ4v) is 0.702. The van der Waals surface area contributed by atoms with E-state index in [2.05, 4.69) is 0 Å². The Labute approximate surface area is 71.3 Å². The Bertz CT molecular complexity index is 216. The van der Waals surface area contributed by atoms with E-state index in [4.69, 9.17) is 10.2 Å². The van der Waals surface area contributed by atoms with Crippen LogP contribution >= 0.6 is 0 Å². The van der Waals surface area contributed by atoms with E-state index in [-0.39, 0.29) is 6.61 Å². The minimum atomic E-state index is 0.0269. The van der Waals surface area contributed by atoms with Gasteiger partial charge in [-0.1, -0.05) is 24.3 Å². The predicted octanol–water partition coefficient (Wildman–Crippen LogP) is 0.600. The average molecular weight is 168 g/mol. The van der Waals surface area contributed by atoms with E-state index in [9.17, 15) is 4.79 Å². The molecule has 0 fully saturated rings. The lowest BCUT2D eigenvalue weighted by atomic mass is 10.2. The van der Waals surface area contributed by atoms with Gasteiger partial charge in [0.25, 0.3) is 0 Å². The molecule has 0 saturated heterocycles. The molecule has 1 aromatic rings. The second-order valence-corrected chi connectivity index (χ2v) is 2.02. The van der Waals surface area contributed by atoms with Crippen molar-refractivity contribution in [3.8, 4) is 0 Å². The highest BCUT2D eigenvalue weighted by Crippen LogP contribution is 2.01. The monoisotopic (exact) mass is 168 g/mol. The Kier molecular flexibility index (Phi) is 5.87. The highest BCUT2D eigenvalue weighted by atomic mass is 16.3. The van der Waals surface area contributed by atoms with Crippen molar-refractivity contribution >= 4 is 6.29 Å². The van der Waals surface area contributed by atoms with Crippen molar-refractivity contribution in [3.05, 3.63) is 35.4 Å². The summed E-state index contributed by atoms with van der Waals surface area (Å²) in [4.78, 5) is 10.1. The first-order valence-electron chi connectivity index (χ1n) is 3.46. The number of aliphatic hydroxyl groups is 2. The van der Waals surface area contributed by atoms with Crippen molar-refractivity contribution in [1.82, 2.24) is 0 Å². The van der Waals surface area contributed by atoms with E-state index in [1.165, 1.54) is 0 Å². The van der Waals surface area contributed by atoms with E-state index in [0.717, 1.165) is 19.0 Å². The molecule has 3 nitrogen and oxygen atoms in total. The van der Waals surface area contributed by atoms with Crippen LogP contribution < -0.4 is 0 Å². The topological polar surface area (TPSA) is 57.5 Å². The van der Waals surface area contributed by atoms with Crippen LogP contribution in [-0.2, 0) is 6.61 Å². The van der Waals surface area contributed by atoms with Gasteiger partial charge in [-0.05, 0) is 5.56 Å². The number of carbonyl (C=O) groups is 1. The van der Waals surface area contributed by atoms with E-state index in [1.54, 1.807) is 24.3 Å². The second kappa shape index (κ2) is 6.52. The van der Waals surface area contributed by atoms with Gasteiger partial charge in [-0.15, -0.1) is 0 Å². The first-order chi connectivity index (χ1) is 5.86. The summed E-state index contributed by atoms with van der Waals surface area (Å²) in [5.41, 5.74) is 1.46. The van der Waals surface area contributed by atoms with E-state index >= 15 is 0 Å². The number of hydrogen-bond acceptors (Lipinski definition) is 3. The zero-order chi connectivity index (χ0) is 9.40. The van der Waals surface area contributed by atoms with Crippen LogP contribution in [0, 0.1) is 0 Å². The fourth-order valence-electron chi connectivity index (χ4n) is 0.702. The molecule has 0 radical (unpaired) electrons. The van der Waals surface area contributed by atoms with Crippen LogP contribution in [0.4, 0.5) is 0 Å². The van der Waals surface area contributed by atoms with Crippen LogP contribution in [-0.4, -0.2) is 23.6 Å². The highest BCUT2D eigenvalue weighted by molar-refractivity contribution is 5.74. The van der Waals surface area contributed by atoms with Gasteiger partial charge in [-0.2, -0.15) is 0 Å². The largest absolute Gasteiger partial charge is 0.400 e. The number of benzene rings is 1. The third-order valence-electron chi connectivity index (χ3n) is 1.30.